The predicted octanol–water partition coefficient (Wildman–Crippen LogP) is 3.16. The number of aromatic nitrogens is 1. The molecule has 0 spiro atoms. The summed E-state index contributed by atoms with van der Waals surface area (Å²) in [5.74, 6) is 0.299. The largest absolute Gasteiger partial charge is 0.481 e. The van der Waals surface area contributed by atoms with Gasteiger partial charge in [0.1, 0.15) is 0 Å². The van der Waals surface area contributed by atoms with E-state index < -0.39 is 5.97 Å². The Hall–Kier alpha value is -1.46. The maximum absolute atomic E-state index is 10.7. The van der Waals surface area contributed by atoms with Crippen LogP contribution in [0.4, 0.5) is 0 Å². The lowest BCUT2D eigenvalue weighted by Crippen LogP contribution is -2.15. The van der Waals surface area contributed by atoms with Crippen molar-refractivity contribution in [2.24, 2.45) is 0 Å². The summed E-state index contributed by atoms with van der Waals surface area (Å²) in [7, 11) is 4.15. The molecule has 114 valence electrons. The van der Waals surface area contributed by atoms with Crippen molar-refractivity contribution in [1.29, 1.82) is 0 Å². The van der Waals surface area contributed by atoms with Crippen LogP contribution in [0.3, 0.4) is 0 Å². The molecule has 0 fully saturated rings. The van der Waals surface area contributed by atoms with Crippen molar-refractivity contribution in [3.8, 4) is 0 Å². The van der Waals surface area contributed by atoms with Crippen LogP contribution in [0, 0.1) is 0 Å². The second kappa shape index (κ2) is 7.52. The molecule has 2 rings (SSSR count). The SMILES string of the molecule is CN(C)CCSc1c2ccccc2cn1CCCC(=O)O. The number of nitrogens with zero attached hydrogens (tertiary/aromatic N) is 2. The molecule has 4 nitrogen and oxygen atoms in total. The molecular weight excluding hydrogens is 284 g/mol. The summed E-state index contributed by atoms with van der Waals surface area (Å²) in [4.78, 5) is 12.8. The second-order valence-corrected chi connectivity index (χ2v) is 6.45. The average Bonchev–Trinajstić information content (AvgIpc) is 2.76. The summed E-state index contributed by atoms with van der Waals surface area (Å²) >= 11 is 1.84. The van der Waals surface area contributed by atoms with E-state index in [1.165, 1.54) is 15.8 Å². The topological polar surface area (TPSA) is 45.5 Å². The molecule has 1 aromatic heterocycles. The highest BCUT2D eigenvalue weighted by molar-refractivity contribution is 7.99. The minimum Gasteiger partial charge on any atom is -0.481 e. The van der Waals surface area contributed by atoms with Gasteiger partial charge in [-0.3, -0.25) is 4.79 Å². The van der Waals surface area contributed by atoms with E-state index in [-0.39, 0.29) is 6.42 Å². The average molecular weight is 306 g/mol. The van der Waals surface area contributed by atoms with Crippen LogP contribution >= 0.6 is 11.8 Å². The molecule has 0 aliphatic carbocycles. The van der Waals surface area contributed by atoms with Gasteiger partial charge in [-0.2, -0.15) is 0 Å². The zero-order chi connectivity index (χ0) is 15.2. The highest BCUT2D eigenvalue weighted by Crippen LogP contribution is 2.30. The minimum absolute atomic E-state index is 0.219. The number of carbonyl (C=O) groups is 1. The normalized spacial score (nSPS) is 11.4. The van der Waals surface area contributed by atoms with Crippen LogP contribution in [-0.2, 0) is 11.3 Å². The third kappa shape index (κ3) is 4.51. The number of aliphatic carboxylic acids is 1. The Morgan fingerprint density at radius 1 is 1.33 bits per heavy atom. The third-order valence-corrected chi connectivity index (χ3v) is 4.43. The summed E-state index contributed by atoms with van der Waals surface area (Å²) in [6.07, 6.45) is 3.02. The van der Waals surface area contributed by atoms with Crippen molar-refractivity contribution < 1.29 is 9.90 Å². The monoisotopic (exact) mass is 306 g/mol. The number of hydrogen-bond donors (Lipinski definition) is 1. The number of carboxylic acid groups (broad SMARTS) is 1. The highest BCUT2D eigenvalue weighted by Gasteiger charge is 2.10. The van der Waals surface area contributed by atoms with Crippen molar-refractivity contribution >= 4 is 28.5 Å². The van der Waals surface area contributed by atoms with Gasteiger partial charge in [0.2, 0.25) is 0 Å². The first-order valence-electron chi connectivity index (χ1n) is 7.15. The van der Waals surface area contributed by atoms with Gasteiger partial charge in [0.15, 0.2) is 0 Å². The summed E-state index contributed by atoms with van der Waals surface area (Å²) in [5.41, 5.74) is 0. The van der Waals surface area contributed by atoms with Crippen molar-refractivity contribution in [1.82, 2.24) is 9.47 Å². The van der Waals surface area contributed by atoms with Gasteiger partial charge in [0.25, 0.3) is 0 Å². The Kier molecular flexibility index (Phi) is 5.70. The molecule has 2 aromatic rings. The van der Waals surface area contributed by atoms with E-state index >= 15 is 0 Å². The fourth-order valence-electron chi connectivity index (χ4n) is 2.24. The number of hydrogen-bond acceptors (Lipinski definition) is 3. The minimum atomic E-state index is -0.728. The number of rotatable bonds is 8. The van der Waals surface area contributed by atoms with Gasteiger partial charge in [-0.25, -0.2) is 0 Å². The first-order valence-corrected chi connectivity index (χ1v) is 8.13. The molecule has 1 heterocycles. The molecule has 0 bridgehead atoms. The Balaban J connectivity index is 2.15. The molecule has 0 saturated heterocycles. The van der Waals surface area contributed by atoms with Crippen molar-refractivity contribution in [2.45, 2.75) is 24.4 Å². The van der Waals surface area contributed by atoms with Gasteiger partial charge in [0.05, 0.1) is 5.03 Å². The summed E-state index contributed by atoms with van der Waals surface area (Å²) in [6, 6.07) is 8.35. The van der Waals surface area contributed by atoms with Crippen molar-refractivity contribution in [3.05, 3.63) is 30.5 Å². The van der Waals surface area contributed by atoms with Gasteiger partial charge in [0, 0.05) is 42.2 Å². The number of carboxylic acids is 1. The molecule has 0 unspecified atom stereocenters. The smallest absolute Gasteiger partial charge is 0.303 e. The van der Waals surface area contributed by atoms with Crippen molar-refractivity contribution in [3.63, 3.8) is 0 Å². The standard InChI is InChI=1S/C16H22N2O2S/c1-17(2)10-11-21-16-14-7-4-3-6-13(14)12-18(16)9-5-8-15(19)20/h3-4,6-7,12H,5,8-11H2,1-2H3,(H,19,20). The number of thioether (sulfide) groups is 1. The molecule has 0 saturated carbocycles. The van der Waals surface area contributed by atoms with Gasteiger partial charge < -0.3 is 14.6 Å². The number of aryl methyl sites for hydroxylation is 1. The molecule has 21 heavy (non-hydrogen) atoms. The predicted molar refractivity (Wildman–Crippen MR) is 88.1 cm³/mol. The molecule has 1 N–H and O–H groups in total. The van der Waals surface area contributed by atoms with Gasteiger partial charge in [-0.15, -0.1) is 11.8 Å². The number of fused-ring (bicyclic) bond motifs is 1. The van der Waals surface area contributed by atoms with E-state index in [4.69, 9.17) is 5.11 Å². The van der Waals surface area contributed by atoms with Crippen molar-refractivity contribution in [2.75, 3.05) is 26.4 Å². The Labute approximate surface area is 129 Å². The van der Waals surface area contributed by atoms with Gasteiger partial charge in [-0.1, -0.05) is 24.3 Å². The first kappa shape index (κ1) is 15.9. The van der Waals surface area contributed by atoms with Crippen LogP contribution in [0.2, 0.25) is 0 Å². The van der Waals surface area contributed by atoms with Crippen LogP contribution in [0.1, 0.15) is 12.8 Å². The van der Waals surface area contributed by atoms with Crippen LogP contribution < -0.4 is 0 Å². The lowest BCUT2D eigenvalue weighted by molar-refractivity contribution is -0.137. The van der Waals surface area contributed by atoms with E-state index in [9.17, 15) is 4.79 Å². The molecular formula is C16H22N2O2S. The van der Waals surface area contributed by atoms with Crippen LogP contribution in [0.15, 0.2) is 35.5 Å². The molecule has 0 aliphatic heterocycles. The zero-order valence-corrected chi connectivity index (χ0v) is 13.4. The van der Waals surface area contributed by atoms with Gasteiger partial charge in [-0.05, 0) is 20.5 Å². The molecule has 0 atom stereocenters. The first-order chi connectivity index (χ1) is 10.1. The maximum Gasteiger partial charge on any atom is 0.303 e. The lowest BCUT2D eigenvalue weighted by atomic mass is 10.2. The maximum atomic E-state index is 10.7. The quantitative estimate of drug-likeness (QED) is 0.761. The third-order valence-electron chi connectivity index (χ3n) is 3.31. The molecule has 1 aromatic carbocycles. The second-order valence-electron chi connectivity index (χ2n) is 5.36. The molecule has 0 radical (unpaired) electrons. The molecule has 5 heteroatoms. The fraction of sp³-hybridized carbons (Fsp3) is 0.438. The Bertz CT molecular complexity index is 607. The van der Waals surface area contributed by atoms with E-state index in [2.05, 4.69) is 48.0 Å². The lowest BCUT2D eigenvalue weighted by Gasteiger charge is -2.11. The van der Waals surface area contributed by atoms with E-state index in [0.717, 1.165) is 18.8 Å². The van der Waals surface area contributed by atoms with E-state index in [0.29, 0.717) is 6.42 Å². The van der Waals surface area contributed by atoms with Crippen LogP contribution in [0.5, 0.6) is 0 Å². The molecule has 0 amide bonds. The Morgan fingerprint density at radius 3 is 2.81 bits per heavy atom. The molecule has 0 aliphatic rings. The summed E-state index contributed by atoms with van der Waals surface area (Å²) in [6.45, 7) is 1.78. The van der Waals surface area contributed by atoms with Gasteiger partial charge >= 0.3 is 5.97 Å². The van der Waals surface area contributed by atoms with E-state index in [1.807, 2.05) is 17.8 Å². The number of benzene rings is 1. The van der Waals surface area contributed by atoms with Crippen LogP contribution in [-0.4, -0.2) is 46.9 Å². The fourth-order valence-corrected chi connectivity index (χ4v) is 3.54. The highest BCUT2D eigenvalue weighted by atomic mass is 32.2. The van der Waals surface area contributed by atoms with E-state index in [1.54, 1.807) is 0 Å². The summed E-state index contributed by atoms with van der Waals surface area (Å²) in [5, 5.41) is 12.5. The van der Waals surface area contributed by atoms with Crippen LogP contribution in [0.25, 0.3) is 10.8 Å². The summed E-state index contributed by atoms with van der Waals surface area (Å²) < 4.78 is 2.20. The Morgan fingerprint density at radius 2 is 2.10 bits per heavy atom. The zero-order valence-electron chi connectivity index (χ0n) is 12.6.